The molecule has 0 radical (unpaired) electrons. The van der Waals surface area contributed by atoms with Crippen molar-refractivity contribution in [3.05, 3.63) is 15.9 Å². The largest absolute Gasteiger partial charge is 0.378 e. The minimum Gasteiger partial charge on any atom is -0.378 e. The number of ether oxygens (including phenoxy) is 1. The molecule has 0 spiro atoms. The number of aromatic nitrogens is 2. The first-order chi connectivity index (χ1) is 9.61. The fraction of sp³-hybridized carbons (Fsp3) is 0.786. The maximum absolute atomic E-state index is 5.78. The van der Waals surface area contributed by atoms with E-state index >= 15 is 0 Å². The second-order valence-corrected chi connectivity index (χ2v) is 6.40. The maximum atomic E-state index is 5.78. The second-order valence-electron chi connectivity index (χ2n) is 5.60. The smallest absolute Gasteiger partial charge is 0.0738 e. The van der Waals surface area contributed by atoms with Gasteiger partial charge in [-0.15, -0.1) is 0 Å². The van der Waals surface area contributed by atoms with Crippen molar-refractivity contribution in [2.45, 2.75) is 57.6 Å². The molecular weight excluding hydrogens is 320 g/mol. The summed E-state index contributed by atoms with van der Waals surface area (Å²) >= 11 is 3.61. The molecule has 1 aliphatic rings. The molecule has 2 heterocycles. The summed E-state index contributed by atoms with van der Waals surface area (Å²) in [5.74, 6) is 5.71. The van der Waals surface area contributed by atoms with Crippen LogP contribution in [0.15, 0.2) is 4.47 Å². The van der Waals surface area contributed by atoms with Gasteiger partial charge in [-0.05, 0) is 55.0 Å². The molecule has 114 valence electrons. The first kappa shape index (κ1) is 15.9. The Morgan fingerprint density at radius 3 is 2.90 bits per heavy atom. The summed E-state index contributed by atoms with van der Waals surface area (Å²) in [7, 11) is 1.98. The number of nitrogens with two attached hydrogens (primary N) is 1. The Morgan fingerprint density at radius 2 is 2.35 bits per heavy atom. The van der Waals surface area contributed by atoms with Crippen LogP contribution < -0.4 is 11.3 Å². The van der Waals surface area contributed by atoms with E-state index < -0.39 is 0 Å². The lowest BCUT2D eigenvalue weighted by molar-refractivity contribution is 0.00856. The minimum absolute atomic E-state index is 0.256. The van der Waals surface area contributed by atoms with Crippen LogP contribution in [0.2, 0.25) is 0 Å². The quantitative estimate of drug-likeness (QED) is 0.613. The Bertz CT molecular complexity index is 429. The van der Waals surface area contributed by atoms with Crippen LogP contribution in [0.3, 0.4) is 0 Å². The van der Waals surface area contributed by atoms with E-state index in [-0.39, 0.29) is 6.04 Å². The van der Waals surface area contributed by atoms with E-state index in [2.05, 4.69) is 26.5 Å². The molecule has 1 aliphatic heterocycles. The van der Waals surface area contributed by atoms with Gasteiger partial charge in [0.25, 0.3) is 0 Å². The van der Waals surface area contributed by atoms with Crippen LogP contribution in [0.1, 0.15) is 43.5 Å². The number of nitrogens with zero attached hydrogens (tertiary/aromatic N) is 2. The van der Waals surface area contributed by atoms with Crippen molar-refractivity contribution in [3.8, 4) is 0 Å². The number of hydrogen-bond donors (Lipinski definition) is 2. The number of hydrogen-bond acceptors (Lipinski definition) is 4. The van der Waals surface area contributed by atoms with Crippen LogP contribution in [0, 0.1) is 6.92 Å². The molecule has 1 aromatic heterocycles. The molecule has 0 saturated carbocycles. The Kier molecular flexibility index (Phi) is 6.01. The molecule has 2 unspecified atom stereocenters. The molecule has 2 atom stereocenters. The number of hydrazine groups is 1. The molecule has 1 aromatic rings. The molecular formula is C14H25BrN4O. The van der Waals surface area contributed by atoms with Crippen molar-refractivity contribution < 1.29 is 4.74 Å². The van der Waals surface area contributed by atoms with Crippen LogP contribution in [-0.2, 0) is 18.2 Å². The van der Waals surface area contributed by atoms with Crippen LogP contribution in [-0.4, -0.2) is 28.5 Å². The minimum atomic E-state index is 0.256. The van der Waals surface area contributed by atoms with Gasteiger partial charge in [-0.3, -0.25) is 16.0 Å². The lowest BCUT2D eigenvalue weighted by Crippen LogP contribution is -2.38. The zero-order valence-corrected chi connectivity index (χ0v) is 13.9. The van der Waals surface area contributed by atoms with E-state index in [1.165, 1.54) is 25.0 Å². The lowest BCUT2D eigenvalue weighted by atomic mass is 9.99. The van der Waals surface area contributed by atoms with Gasteiger partial charge in [0, 0.05) is 26.1 Å². The van der Waals surface area contributed by atoms with Gasteiger partial charge in [0.05, 0.1) is 22.0 Å². The molecule has 1 saturated heterocycles. The standard InChI is InChI=1S/C14H25BrN4O/c1-10-14(15)13(19(2)18-10)9-11(17-16)6-7-12-5-3-4-8-20-12/h11-12,17H,3-9,16H2,1-2H3. The Hall–Kier alpha value is -0.430. The molecule has 0 amide bonds. The van der Waals surface area contributed by atoms with Gasteiger partial charge in [0.1, 0.15) is 0 Å². The van der Waals surface area contributed by atoms with Gasteiger partial charge < -0.3 is 4.74 Å². The summed E-state index contributed by atoms with van der Waals surface area (Å²) in [6.45, 7) is 2.92. The SMILES string of the molecule is Cc1nn(C)c(CC(CCC2CCCCO2)NN)c1Br. The lowest BCUT2D eigenvalue weighted by Gasteiger charge is -2.24. The summed E-state index contributed by atoms with van der Waals surface area (Å²) in [6.07, 6.45) is 7.07. The molecule has 0 aliphatic carbocycles. The van der Waals surface area contributed by atoms with Crippen LogP contribution in [0.25, 0.3) is 0 Å². The highest BCUT2D eigenvalue weighted by molar-refractivity contribution is 9.10. The summed E-state index contributed by atoms with van der Waals surface area (Å²) in [5.41, 5.74) is 5.15. The van der Waals surface area contributed by atoms with Gasteiger partial charge in [-0.1, -0.05) is 0 Å². The van der Waals surface area contributed by atoms with Gasteiger partial charge in [0.2, 0.25) is 0 Å². The van der Waals surface area contributed by atoms with Crippen LogP contribution in [0.5, 0.6) is 0 Å². The van der Waals surface area contributed by atoms with Crippen molar-refractivity contribution in [3.63, 3.8) is 0 Å². The van der Waals surface area contributed by atoms with E-state index in [1.807, 2.05) is 18.7 Å². The zero-order chi connectivity index (χ0) is 14.5. The third-order valence-electron chi connectivity index (χ3n) is 4.05. The predicted molar refractivity (Wildman–Crippen MR) is 83.3 cm³/mol. The van der Waals surface area contributed by atoms with Crippen molar-refractivity contribution in [2.75, 3.05) is 6.61 Å². The fourth-order valence-corrected chi connectivity index (χ4v) is 3.30. The summed E-state index contributed by atoms with van der Waals surface area (Å²) in [4.78, 5) is 0. The average Bonchev–Trinajstić information content (AvgIpc) is 2.70. The number of nitrogens with one attached hydrogen (secondary N) is 1. The fourth-order valence-electron chi connectivity index (χ4n) is 2.80. The van der Waals surface area contributed by atoms with E-state index in [9.17, 15) is 0 Å². The average molecular weight is 345 g/mol. The Morgan fingerprint density at radius 1 is 1.55 bits per heavy atom. The van der Waals surface area contributed by atoms with E-state index in [4.69, 9.17) is 10.6 Å². The third kappa shape index (κ3) is 4.04. The van der Waals surface area contributed by atoms with Gasteiger partial charge in [-0.25, -0.2) is 0 Å². The summed E-state index contributed by atoms with van der Waals surface area (Å²) < 4.78 is 8.80. The second kappa shape index (κ2) is 7.54. The zero-order valence-electron chi connectivity index (χ0n) is 12.4. The summed E-state index contributed by atoms with van der Waals surface area (Å²) in [5, 5.41) is 4.42. The summed E-state index contributed by atoms with van der Waals surface area (Å²) in [6, 6.07) is 0.256. The normalized spacial score (nSPS) is 21.1. The first-order valence-electron chi connectivity index (χ1n) is 7.37. The highest BCUT2D eigenvalue weighted by atomic mass is 79.9. The topological polar surface area (TPSA) is 65.1 Å². The highest BCUT2D eigenvalue weighted by Crippen LogP contribution is 2.23. The molecule has 6 heteroatoms. The van der Waals surface area contributed by atoms with Crippen LogP contribution >= 0.6 is 15.9 Å². The Labute approximate surface area is 129 Å². The van der Waals surface area contributed by atoms with E-state index in [0.29, 0.717) is 6.10 Å². The highest BCUT2D eigenvalue weighted by Gasteiger charge is 2.19. The molecule has 5 nitrogen and oxygen atoms in total. The maximum Gasteiger partial charge on any atom is 0.0738 e. The molecule has 2 rings (SSSR count). The van der Waals surface area contributed by atoms with Crippen molar-refractivity contribution >= 4 is 15.9 Å². The molecule has 0 bridgehead atoms. The molecule has 1 fully saturated rings. The number of rotatable bonds is 6. The van der Waals surface area contributed by atoms with Gasteiger partial charge >= 0.3 is 0 Å². The number of halogens is 1. The van der Waals surface area contributed by atoms with Crippen molar-refractivity contribution in [2.24, 2.45) is 12.9 Å². The monoisotopic (exact) mass is 344 g/mol. The number of aryl methyl sites for hydroxylation is 2. The van der Waals surface area contributed by atoms with Gasteiger partial charge in [0.15, 0.2) is 0 Å². The first-order valence-corrected chi connectivity index (χ1v) is 8.16. The van der Waals surface area contributed by atoms with E-state index in [0.717, 1.165) is 36.0 Å². The van der Waals surface area contributed by atoms with Gasteiger partial charge in [-0.2, -0.15) is 5.10 Å². The van der Waals surface area contributed by atoms with Crippen molar-refractivity contribution in [1.82, 2.24) is 15.2 Å². The molecule has 20 heavy (non-hydrogen) atoms. The Balaban J connectivity index is 1.88. The van der Waals surface area contributed by atoms with Crippen LogP contribution in [0.4, 0.5) is 0 Å². The molecule has 3 N–H and O–H groups in total. The van der Waals surface area contributed by atoms with E-state index in [1.54, 1.807) is 0 Å². The molecule has 0 aromatic carbocycles. The van der Waals surface area contributed by atoms with Crippen molar-refractivity contribution in [1.29, 1.82) is 0 Å². The third-order valence-corrected chi connectivity index (χ3v) is 5.08. The predicted octanol–water partition coefficient (Wildman–Crippen LogP) is 2.21.